The lowest BCUT2D eigenvalue weighted by Crippen LogP contribution is -2.60. The molecule has 9 heteroatoms. The van der Waals surface area contributed by atoms with Gasteiger partial charge in [0.2, 0.25) is 5.91 Å². The molecule has 300 valence electrons. The number of hydrogen-bond donors (Lipinski definition) is 7. The minimum Gasteiger partial charge on any atom is -0.394 e. The van der Waals surface area contributed by atoms with Gasteiger partial charge < -0.3 is 40.7 Å². The van der Waals surface area contributed by atoms with Gasteiger partial charge in [0.05, 0.1) is 24.9 Å². The molecular weight excluding hydrogens is 646 g/mol. The van der Waals surface area contributed by atoms with Gasteiger partial charge >= 0.3 is 0 Å². The van der Waals surface area contributed by atoms with Crippen molar-refractivity contribution in [3.63, 3.8) is 0 Å². The molecule has 1 aliphatic rings. The molecule has 0 aromatic heterocycles. The molecule has 7 N–H and O–H groups in total. The minimum absolute atomic E-state index is 0.0956. The van der Waals surface area contributed by atoms with E-state index in [0.29, 0.717) is 12.8 Å². The zero-order chi connectivity index (χ0) is 37.7. The summed E-state index contributed by atoms with van der Waals surface area (Å²) < 4.78 is 5.67. The highest BCUT2D eigenvalue weighted by Crippen LogP contribution is 2.25. The van der Waals surface area contributed by atoms with Gasteiger partial charge in [0.15, 0.2) is 0 Å². The third-order valence-corrected chi connectivity index (χ3v) is 10.4. The summed E-state index contributed by atoms with van der Waals surface area (Å²) in [5.41, 5.74) is 1.36. The van der Waals surface area contributed by atoms with Gasteiger partial charge in [-0.15, -0.1) is 0 Å². The van der Waals surface area contributed by atoms with E-state index in [1.54, 1.807) is 6.08 Å². The van der Waals surface area contributed by atoms with Crippen LogP contribution < -0.4 is 5.32 Å². The molecule has 1 rings (SSSR count). The van der Waals surface area contributed by atoms with Crippen molar-refractivity contribution in [3.8, 4) is 0 Å². The number of hydrogen-bond acceptors (Lipinski definition) is 8. The van der Waals surface area contributed by atoms with E-state index in [1.807, 2.05) is 6.08 Å². The van der Waals surface area contributed by atoms with E-state index in [4.69, 9.17) is 4.74 Å². The Labute approximate surface area is 311 Å². The van der Waals surface area contributed by atoms with Gasteiger partial charge in [0, 0.05) is 0 Å². The average Bonchev–Trinajstić information content (AvgIpc) is 3.12. The zero-order valence-corrected chi connectivity index (χ0v) is 32.7. The minimum atomic E-state index is -1.55. The van der Waals surface area contributed by atoms with E-state index in [0.717, 1.165) is 38.5 Å². The fraction of sp³-hybridized carbons (Fsp3) is 0.881. The first-order valence-corrected chi connectivity index (χ1v) is 20.9. The molecule has 0 aromatic carbocycles. The largest absolute Gasteiger partial charge is 0.394 e. The number of aliphatic hydroxyl groups excluding tert-OH is 6. The SMILES string of the molecule is CCCCCCCCCCCCCCCC(O)C(=O)NC(CC1O[C@H](CO)[C@@H](O)[C@H](O)[C@H]1O)C(O)C=CCCC=C(C)CCCCCCCCC. The van der Waals surface area contributed by atoms with Gasteiger partial charge in [0.25, 0.3) is 0 Å². The van der Waals surface area contributed by atoms with Gasteiger partial charge in [-0.3, -0.25) is 4.79 Å². The molecule has 1 amide bonds. The van der Waals surface area contributed by atoms with Gasteiger partial charge in [-0.05, 0) is 45.4 Å². The lowest BCUT2D eigenvalue weighted by molar-refractivity contribution is -0.232. The maximum absolute atomic E-state index is 13.1. The van der Waals surface area contributed by atoms with Crippen molar-refractivity contribution in [3.05, 3.63) is 23.8 Å². The van der Waals surface area contributed by atoms with Gasteiger partial charge in [0.1, 0.15) is 30.5 Å². The summed E-state index contributed by atoms with van der Waals surface area (Å²) in [4.78, 5) is 13.1. The van der Waals surface area contributed by atoms with Crippen LogP contribution in [0.1, 0.15) is 181 Å². The van der Waals surface area contributed by atoms with Crippen molar-refractivity contribution in [1.29, 1.82) is 0 Å². The molecular formula is C42H79NO8. The van der Waals surface area contributed by atoms with Crippen LogP contribution in [0.3, 0.4) is 0 Å². The van der Waals surface area contributed by atoms with Crippen molar-refractivity contribution in [2.75, 3.05) is 6.61 Å². The van der Waals surface area contributed by atoms with Crippen LogP contribution in [0, 0.1) is 0 Å². The Balaban J connectivity index is 2.58. The number of rotatable bonds is 32. The fourth-order valence-electron chi connectivity index (χ4n) is 6.93. The number of ether oxygens (including phenoxy) is 1. The predicted octanol–water partition coefficient (Wildman–Crippen LogP) is 7.33. The van der Waals surface area contributed by atoms with E-state index in [1.165, 1.54) is 108 Å². The smallest absolute Gasteiger partial charge is 0.249 e. The first-order chi connectivity index (χ1) is 24.7. The van der Waals surface area contributed by atoms with Gasteiger partial charge in [-0.2, -0.15) is 0 Å². The van der Waals surface area contributed by atoms with Crippen molar-refractivity contribution < 1.29 is 40.2 Å². The first kappa shape index (κ1) is 47.7. The summed E-state index contributed by atoms with van der Waals surface area (Å²) in [5.74, 6) is -0.611. The second-order valence-electron chi connectivity index (χ2n) is 15.2. The number of carbonyl (C=O) groups is 1. The quantitative estimate of drug-likeness (QED) is 0.0281. The Bertz CT molecular complexity index is 896. The molecule has 0 radical (unpaired) electrons. The Morgan fingerprint density at radius 1 is 0.686 bits per heavy atom. The van der Waals surface area contributed by atoms with Gasteiger partial charge in [-0.25, -0.2) is 0 Å². The lowest BCUT2D eigenvalue weighted by atomic mass is 9.90. The highest BCUT2D eigenvalue weighted by atomic mass is 16.5. The highest BCUT2D eigenvalue weighted by molar-refractivity contribution is 5.80. The van der Waals surface area contributed by atoms with Crippen LogP contribution in [0.25, 0.3) is 0 Å². The molecule has 0 spiro atoms. The maximum Gasteiger partial charge on any atom is 0.249 e. The van der Waals surface area contributed by atoms with E-state index in [2.05, 4.69) is 32.2 Å². The first-order valence-electron chi connectivity index (χ1n) is 20.9. The second kappa shape index (κ2) is 31.1. The normalized spacial score (nSPS) is 23.1. The number of nitrogens with one attached hydrogen (secondary N) is 1. The predicted molar refractivity (Wildman–Crippen MR) is 207 cm³/mol. The highest BCUT2D eigenvalue weighted by Gasteiger charge is 2.44. The fourth-order valence-corrected chi connectivity index (χ4v) is 6.93. The molecule has 0 aliphatic carbocycles. The Kier molecular flexibility index (Phi) is 29.0. The van der Waals surface area contributed by atoms with Crippen LogP contribution in [-0.4, -0.2) is 91.9 Å². The van der Waals surface area contributed by atoms with E-state index in [9.17, 15) is 35.4 Å². The van der Waals surface area contributed by atoms with Crippen LogP contribution in [-0.2, 0) is 9.53 Å². The van der Waals surface area contributed by atoms with Crippen molar-refractivity contribution in [1.82, 2.24) is 5.32 Å². The van der Waals surface area contributed by atoms with Gasteiger partial charge in [-0.1, -0.05) is 160 Å². The number of allylic oxidation sites excluding steroid dienone is 3. The number of aliphatic hydroxyl groups is 6. The van der Waals surface area contributed by atoms with E-state index < -0.39 is 61.3 Å². The maximum atomic E-state index is 13.1. The van der Waals surface area contributed by atoms with Crippen LogP contribution in [0.4, 0.5) is 0 Å². The van der Waals surface area contributed by atoms with Crippen LogP contribution in [0.2, 0.25) is 0 Å². The van der Waals surface area contributed by atoms with Crippen molar-refractivity contribution in [2.24, 2.45) is 0 Å². The molecule has 8 atom stereocenters. The van der Waals surface area contributed by atoms with E-state index >= 15 is 0 Å². The monoisotopic (exact) mass is 726 g/mol. The molecule has 9 nitrogen and oxygen atoms in total. The standard InChI is InChI=1S/C42H79NO8/c1-4-6-8-10-12-13-14-15-16-17-19-21-25-30-36(46)42(50)43-34(31-37-39(47)41(49)40(48)38(32-44)51-37)35(45)29-26-22-24-28-33(3)27-23-20-18-11-9-7-5-2/h26,28-29,34-41,44-49H,4-25,27,30-32H2,1-3H3,(H,43,50)/t34?,35?,36?,37?,38-,39+,40-,41-/m1/s1. The third kappa shape index (κ3) is 22.5. The molecule has 1 fully saturated rings. The van der Waals surface area contributed by atoms with Crippen LogP contribution in [0.15, 0.2) is 23.8 Å². The zero-order valence-electron chi connectivity index (χ0n) is 32.7. The summed E-state index contributed by atoms with van der Waals surface area (Å²) in [5, 5.41) is 65.3. The lowest BCUT2D eigenvalue weighted by Gasteiger charge is -2.41. The molecule has 1 heterocycles. The number of amides is 1. The molecule has 1 aliphatic heterocycles. The molecule has 4 unspecified atom stereocenters. The van der Waals surface area contributed by atoms with Crippen molar-refractivity contribution in [2.45, 2.75) is 230 Å². The van der Waals surface area contributed by atoms with Crippen LogP contribution in [0.5, 0.6) is 0 Å². The molecule has 1 saturated heterocycles. The summed E-state index contributed by atoms with van der Waals surface area (Å²) >= 11 is 0. The molecule has 0 aromatic rings. The summed E-state index contributed by atoms with van der Waals surface area (Å²) in [6, 6.07) is -0.939. The summed E-state index contributed by atoms with van der Waals surface area (Å²) in [7, 11) is 0. The molecule has 0 bridgehead atoms. The van der Waals surface area contributed by atoms with Crippen LogP contribution >= 0.6 is 0 Å². The summed E-state index contributed by atoms with van der Waals surface area (Å²) in [6.45, 7) is 6.07. The summed E-state index contributed by atoms with van der Waals surface area (Å²) in [6.07, 6.45) is 24.1. The number of unbranched alkanes of at least 4 members (excludes halogenated alkanes) is 19. The topological polar surface area (TPSA) is 160 Å². The Morgan fingerprint density at radius 2 is 1.18 bits per heavy atom. The molecule has 0 saturated carbocycles. The molecule has 51 heavy (non-hydrogen) atoms. The Morgan fingerprint density at radius 3 is 1.71 bits per heavy atom. The Hall–Kier alpha value is -1.33. The average molecular weight is 726 g/mol. The number of carbonyl (C=O) groups excluding carboxylic acids is 1. The second-order valence-corrected chi connectivity index (χ2v) is 15.2. The third-order valence-electron chi connectivity index (χ3n) is 10.4. The van der Waals surface area contributed by atoms with Crippen molar-refractivity contribution >= 4 is 5.91 Å². The van der Waals surface area contributed by atoms with E-state index in [-0.39, 0.29) is 6.42 Å².